The molecule has 0 unspecified atom stereocenters. The summed E-state index contributed by atoms with van der Waals surface area (Å²) in [7, 11) is 0. The van der Waals surface area contributed by atoms with E-state index >= 15 is 0 Å². The largest absolute Gasteiger partial charge is 0.443 e. The summed E-state index contributed by atoms with van der Waals surface area (Å²) in [6.07, 6.45) is 0.900. The molecule has 5 nitrogen and oxygen atoms in total. The Labute approximate surface area is 83.5 Å². The SMILES string of the molecule is C=CCC(=O)NNC(=O)OC(C)(C)C. The molecule has 0 bridgehead atoms. The van der Waals surface area contributed by atoms with E-state index in [9.17, 15) is 9.59 Å². The van der Waals surface area contributed by atoms with Crippen LogP contribution in [0.5, 0.6) is 0 Å². The number of carbonyl (C=O) groups is 2. The first-order chi connectivity index (χ1) is 6.35. The maximum atomic E-state index is 11.0. The van der Waals surface area contributed by atoms with Gasteiger partial charge in [0.05, 0.1) is 0 Å². The van der Waals surface area contributed by atoms with Crippen LogP contribution in [-0.2, 0) is 9.53 Å². The molecule has 0 aromatic rings. The van der Waals surface area contributed by atoms with Crippen LogP contribution in [0.1, 0.15) is 27.2 Å². The Morgan fingerprint density at radius 1 is 1.36 bits per heavy atom. The minimum absolute atomic E-state index is 0.149. The highest BCUT2D eigenvalue weighted by molar-refractivity contribution is 5.80. The van der Waals surface area contributed by atoms with E-state index in [4.69, 9.17) is 4.74 Å². The molecule has 0 saturated heterocycles. The lowest BCUT2D eigenvalue weighted by molar-refractivity contribution is -0.121. The van der Waals surface area contributed by atoms with Gasteiger partial charge in [-0.2, -0.15) is 0 Å². The fourth-order valence-electron chi connectivity index (χ4n) is 0.606. The van der Waals surface area contributed by atoms with Crippen LogP contribution in [0.15, 0.2) is 12.7 Å². The second-order valence-corrected chi connectivity index (χ2v) is 3.67. The quantitative estimate of drug-likeness (QED) is 0.518. The summed E-state index contributed by atoms with van der Waals surface area (Å²) in [5, 5.41) is 0. The van der Waals surface area contributed by atoms with Crippen LogP contribution in [0.3, 0.4) is 0 Å². The molecule has 0 aliphatic carbocycles. The summed E-state index contributed by atoms with van der Waals surface area (Å²) < 4.78 is 4.88. The molecular weight excluding hydrogens is 184 g/mol. The zero-order chi connectivity index (χ0) is 11.2. The van der Waals surface area contributed by atoms with Crippen molar-refractivity contribution in [2.45, 2.75) is 32.8 Å². The van der Waals surface area contributed by atoms with Crippen LogP contribution in [0.25, 0.3) is 0 Å². The van der Waals surface area contributed by atoms with Crippen molar-refractivity contribution in [2.75, 3.05) is 0 Å². The second kappa shape index (κ2) is 5.26. The van der Waals surface area contributed by atoms with Crippen LogP contribution < -0.4 is 10.9 Å². The van der Waals surface area contributed by atoms with Gasteiger partial charge in [-0.3, -0.25) is 10.2 Å². The molecule has 2 amide bonds. The molecule has 2 N–H and O–H groups in total. The maximum Gasteiger partial charge on any atom is 0.426 e. The molecule has 0 saturated carbocycles. The molecule has 0 fully saturated rings. The highest BCUT2D eigenvalue weighted by Crippen LogP contribution is 2.05. The van der Waals surface area contributed by atoms with Gasteiger partial charge in [0.2, 0.25) is 5.91 Å². The number of ether oxygens (including phenoxy) is 1. The molecule has 0 spiro atoms. The van der Waals surface area contributed by atoms with Crippen molar-refractivity contribution >= 4 is 12.0 Å². The number of rotatable bonds is 2. The number of hydrazine groups is 1. The van der Waals surface area contributed by atoms with Gasteiger partial charge in [-0.05, 0) is 20.8 Å². The molecule has 0 radical (unpaired) electrons. The van der Waals surface area contributed by atoms with Crippen molar-refractivity contribution in [3.8, 4) is 0 Å². The lowest BCUT2D eigenvalue weighted by atomic mass is 10.2. The van der Waals surface area contributed by atoms with Crippen LogP contribution >= 0.6 is 0 Å². The minimum atomic E-state index is -0.685. The molecule has 80 valence electrons. The number of nitrogens with one attached hydrogen (secondary N) is 2. The van der Waals surface area contributed by atoms with Gasteiger partial charge in [0.1, 0.15) is 5.60 Å². The fourth-order valence-corrected chi connectivity index (χ4v) is 0.606. The number of amides is 2. The first kappa shape index (κ1) is 12.5. The van der Waals surface area contributed by atoms with E-state index in [0.29, 0.717) is 0 Å². The van der Waals surface area contributed by atoms with Gasteiger partial charge >= 0.3 is 6.09 Å². The molecule has 0 aromatic carbocycles. The van der Waals surface area contributed by atoms with E-state index < -0.39 is 11.7 Å². The van der Waals surface area contributed by atoms with Crippen molar-refractivity contribution in [3.63, 3.8) is 0 Å². The Morgan fingerprint density at radius 2 is 1.93 bits per heavy atom. The molecular formula is C9H16N2O3. The van der Waals surface area contributed by atoms with Gasteiger partial charge in [-0.1, -0.05) is 6.08 Å². The van der Waals surface area contributed by atoms with Crippen LogP contribution in [0, 0.1) is 0 Å². The lowest BCUT2D eigenvalue weighted by Crippen LogP contribution is -2.44. The second-order valence-electron chi connectivity index (χ2n) is 3.67. The maximum absolute atomic E-state index is 11.0. The van der Waals surface area contributed by atoms with Gasteiger partial charge in [-0.25, -0.2) is 10.2 Å². The molecule has 0 aliphatic rings. The number of hydrogen-bond donors (Lipinski definition) is 2. The first-order valence-corrected chi connectivity index (χ1v) is 4.24. The van der Waals surface area contributed by atoms with Gasteiger partial charge < -0.3 is 4.74 Å². The van der Waals surface area contributed by atoms with E-state index in [1.54, 1.807) is 20.8 Å². The van der Waals surface area contributed by atoms with Gasteiger partial charge in [0, 0.05) is 6.42 Å². The molecule has 0 atom stereocenters. The highest BCUT2D eigenvalue weighted by Gasteiger charge is 2.15. The average molecular weight is 200 g/mol. The van der Waals surface area contributed by atoms with E-state index in [0.717, 1.165) is 0 Å². The lowest BCUT2D eigenvalue weighted by Gasteiger charge is -2.19. The molecule has 14 heavy (non-hydrogen) atoms. The first-order valence-electron chi connectivity index (χ1n) is 4.24. The Kier molecular flexibility index (Phi) is 4.69. The predicted octanol–water partition coefficient (Wildman–Crippen LogP) is 1.12. The van der Waals surface area contributed by atoms with Crippen LogP contribution in [0.2, 0.25) is 0 Å². The Bertz CT molecular complexity index is 231. The zero-order valence-corrected chi connectivity index (χ0v) is 8.72. The standard InChI is InChI=1S/C9H16N2O3/c1-5-6-7(12)10-11-8(13)14-9(2,3)4/h5H,1,6H2,2-4H3,(H,10,12)(H,11,13). The topological polar surface area (TPSA) is 67.4 Å². The third-order valence-corrected chi connectivity index (χ3v) is 1.03. The minimum Gasteiger partial charge on any atom is -0.443 e. The Balaban J connectivity index is 3.75. The van der Waals surface area contributed by atoms with Crippen molar-refractivity contribution in [1.82, 2.24) is 10.9 Å². The predicted molar refractivity (Wildman–Crippen MR) is 52.3 cm³/mol. The molecule has 0 heterocycles. The van der Waals surface area contributed by atoms with Gasteiger partial charge in [0.15, 0.2) is 0 Å². The summed E-state index contributed by atoms with van der Waals surface area (Å²) in [4.78, 5) is 21.9. The normalized spacial score (nSPS) is 10.2. The molecule has 0 aromatic heterocycles. The highest BCUT2D eigenvalue weighted by atomic mass is 16.6. The van der Waals surface area contributed by atoms with E-state index in [-0.39, 0.29) is 12.3 Å². The van der Waals surface area contributed by atoms with Gasteiger partial charge in [-0.15, -0.1) is 6.58 Å². The van der Waals surface area contributed by atoms with E-state index in [1.807, 2.05) is 0 Å². The average Bonchev–Trinajstić information content (AvgIpc) is 1.98. The van der Waals surface area contributed by atoms with Crippen molar-refractivity contribution in [3.05, 3.63) is 12.7 Å². The smallest absolute Gasteiger partial charge is 0.426 e. The number of hydrogen-bond acceptors (Lipinski definition) is 3. The van der Waals surface area contributed by atoms with Crippen LogP contribution in [-0.4, -0.2) is 17.6 Å². The Morgan fingerprint density at radius 3 is 2.36 bits per heavy atom. The summed E-state index contributed by atoms with van der Waals surface area (Å²) >= 11 is 0. The molecule has 5 heteroatoms. The van der Waals surface area contributed by atoms with E-state index in [1.165, 1.54) is 6.08 Å². The zero-order valence-electron chi connectivity index (χ0n) is 8.72. The summed E-state index contributed by atoms with van der Waals surface area (Å²) in [6.45, 7) is 8.59. The van der Waals surface area contributed by atoms with Crippen molar-refractivity contribution in [2.24, 2.45) is 0 Å². The van der Waals surface area contributed by atoms with Crippen molar-refractivity contribution < 1.29 is 14.3 Å². The number of carbonyl (C=O) groups excluding carboxylic acids is 2. The van der Waals surface area contributed by atoms with Crippen LogP contribution in [0.4, 0.5) is 4.79 Å². The third-order valence-electron chi connectivity index (χ3n) is 1.03. The van der Waals surface area contributed by atoms with Crippen molar-refractivity contribution in [1.29, 1.82) is 0 Å². The van der Waals surface area contributed by atoms with Gasteiger partial charge in [0.25, 0.3) is 0 Å². The Hall–Kier alpha value is -1.52. The monoisotopic (exact) mass is 200 g/mol. The van der Waals surface area contributed by atoms with E-state index in [2.05, 4.69) is 17.4 Å². The molecule has 0 rings (SSSR count). The summed E-state index contributed by atoms with van der Waals surface area (Å²) in [5.41, 5.74) is 3.71. The summed E-state index contributed by atoms with van der Waals surface area (Å²) in [5.74, 6) is -0.342. The fraction of sp³-hybridized carbons (Fsp3) is 0.556. The summed E-state index contributed by atoms with van der Waals surface area (Å²) in [6, 6.07) is 0. The molecule has 0 aliphatic heterocycles. The third kappa shape index (κ3) is 7.15.